The number of carbonyl (C=O) groups is 1. The van der Waals surface area contributed by atoms with Crippen LogP contribution in [0.1, 0.15) is 49.4 Å². The summed E-state index contributed by atoms with van der Waals surface area (Å²) in [4.78, 5) is 18.9. The van der Waals surface area contributed by atoms with Gasteiger partial charge in [-0.2, -0.15) is 5.26 Å². The molecule has 0 fully saturated rings. The van der Waals surface area contributed by atoms with Crippen molar-refractivity contribution in [3.8, 4) is 32.8 Å². The minimum Gasteiger partial charge on any atom is -0.490 e. The lowest BCUT2D eigenvalue weighted by molar-refractivity contribution is -0.137. The maximum absolute atomic E-state index is 10.9. The number of rotatable bonds is 8. The summed E-state index contributed by atoms with van der Waals surface area (Å²) in [7, 11) is 0. The molecule has 7 heteroatoms. The molecule has 0 radical (unpaired) electrons. The van der Waals surface area contributed by atoms with Crippen molar-refractivity contribution >= 4 is 17.3 Å². The Bertz CT molecular complexity index is 1240. The number of benzene rings is 2. The van der Waals surface area contributed by atoms with Gasteiger partial charge >= 0.3 is 5.97 Å². The summed E-state index contributed by atoms with van der Waals surface area (Å²) < 4.78 is 5.75. The van der Waals surface area contributed by atoms with Crippen molar-refractivity contribution in [3.05, 3.63) is 58.8 Å². The topological polar surface area (TPSA) is 86.5 Å². The average Bonchev–Trinajstić information content (AvgIpc) is 3.31. The van der Waals surface area contributed by atoms with E-state index in [9.17, 15) is 10.1 Å². The number of aromatic nitrogens is 1. The van der Waals surface area contributed by atoms with Gasteiger partial charge in [-0.25, -0.2) is 4.98 Å². The first kappa shape index (κ1) is 23.9. The maximum atomic E-state index is 10.9. The monoisotopic (exact) mass is 475 g/mol. The van der Waals surface area contributed by atoms with Gasteiger partial charge in [-0.15, -0.1) is 11.3 Å². The third-order valence-electron chi connectivity index (χ3n) is 6.08. The summed E-state index contributed by atoms with van der Waals surface area (Å²) >= 11 is 1.63. The highest BCUT2D eigenvalue weighted by atomic mass is 32.1. The van der Waals surface area contributed by atoms with Crippen molar-refractivity contribution in [2.75, 3.05) is 13.1 Å². The van der Waals surface area contributed by atoms with Crippen LogP contribution >= 0.6 is 11.3 Å². The van der Waals surface area contributed by atoms with Crippen molar-refractivity contribution in [3.63, 3.8) is 0 Å². The van der Waals surface area contributed by atoms with Crippen LogP contribution in [0.5, 0.6) is 5.75 Å². The quantitative estimate of drug-likeness (QED) is 0.461. The first-order valence-corrected chi connectivity index (χ1v) is 12.5. The molecule has 2 heterocycles. The van der Waals surface area contributed by atoms with E-state index in [1.807, 2.05) is 38.2 Å². The van der Waals surface area contributed by atoms with E-state index < -0.39 is 5.97 Å². The molecule has 4 rings (SSSR count). The normalized spacial score (nSPS) is 13.5. The number of carboxylic acids is 1. The highest BCUT2D eigenvalue weighted by Gasteiger charge is 2.22. The van der Waals surface area contributed by atoms with Gasteiger partial charge < -0.3 is 9.84 Å². The highest BCUT2D eigenvalue weighted by Crippen LogP contribution is 2.38. The van der Waals surface area contributed by atoms with Crippen molar-refractivity contribution in [2.45, 2.75) is 52.7 Å². The Balaban J connectivity index is 1.61. The number of ether oxygens (including phenoxy) is 1. The van der Waals surface area contributed by atoms with Gasteiger partial charge in [0.1, 0.15) is 16.8 Å². The van der Waals surface area contributed by atoms with E-state index in [0.717, 1.165) is 41.4 Å². The zero-order valence-electron chi connectivity index (χ0n) is 19.8. The Kier molecular flexibility index (Phi) is 7.30. The van der Waals surface area contributed by atoms with Gasteiger partial charge in [0.05, 0.1) is 23.0 Å². The van der Waals surface area contributed by atoms with E-state index in [-0.39, 0.29) is 12.5 Å². The van der Waals surface area contributed by atoms with Crippen LogP contribution < -0.4 is 4.74 Å². The van der Waals surface area contributed by atoms with Crippen LogP contribution in [0.3, 0.4) is 0 Å². The molecular formula is C27H29N3O3S. The largest absolute Gasteiger partial charge is 0.490 e. The number of hydrogen-bond acceptors (Lipinski definition) is 6. The van der Waals surface area contributed by atoms with E-state index in [2.05, 4.69) is 35.0 Å². The first-order valence-electron chi connectivity index (χ1n) is 11.6. The van der Waals surface area contributed by atoms with E-state index in [4.69, 9.17) is 9.84 Å². The Morgan fingerprint density at radius 1 is 1.32 bits per heavy atom. The number of nitrogens with zero attached hydrogens (tertiary/aromatic N) is 3. The van der Waals surface area contributed by atoms with Crippen LogP contribution in [0.2, 0.25) is 0 Å². The van der Waals surface area contributed by atoms with Crippen LogP contribution in [0, 0.1) is 11.3 Å². The first-order chi connectivity index (χ1) is 16.4. The van der Waals surface area contributed by atoms with Gasteiger partial charge in [-0.05, 0) is 67.1 Å². The molecule has 0 aliphatic carbocycles. The molecule has 0 atom stereocenters. The molecule has 1 aliphatic rings. The van der Waals surface area contributed by atoms with Crippen LogP contribution in [-0.4, -0.2) is 40.2 Å². The fourth-order valence-electron chi connectivity index (χ4n) is 4.51. The maximum Gasteiger partial charge on any atom is 0.304 e. The van der Waals surface area contributed by atoms with Gasteiger partial charge in [0.2, 0.25) is 0 Å². The molecule has 1 aromatic heterocycles. The van der Waals surface area contributed by atoms with E-state index in [1.165, 1.54) is 22.3 Å². The SMILES string of the molecule is CCc1c(-c2cnc(-c3ccc(OC(C)C)c(C#N)c3)s2)ccc2c1CCN(CCC(=O)O)C2. The minimum absolute atomic E-state index is 0.00476. The van der Waals surface area contributed by atoms with Crippen molar-refractivity contribution in [2.24, 2.45) is 0 Å². The zero-order chi connectivity index (χ0) is 24.2. The predicted molar refractivity (Wildman–Crippen MR) is 134 cm³/mol. The number of hydrogen-bond donors (Lipinski definition) is 1. The summed E-state index contributed by atoms with van der Waals surface area (Å²) in [5.41, 5.74) is 6.67. The molecule has 2 aromatic carbocycles. The van der Waals surface area contributed by atoms with Gasteiger partial charge in [-0.1, -0.05) is 19.1 Å². The standard InChI is InChI=1S/C27H29N3O3S/c1-4-21-22-9-11-30(12-10-26(31)32)16-19(22)5-7-23(21)25-15-29-27(34-25)18-6-8-24(33-17(2)3)20(13-18)14-28/h5-8,13,15,17H,4,9-12,16H2,1-3H3,(H,31,32). The fraction of sp³-hybridized carbons (Fsp3) is 0.370. The Morgan fingerprint density at radius 3 is 2.85 bits per heavy atom. The Labute approximate surface area is 204 Å². The van der Waals surface area contributed by atoms with Crippen LogP contribution in [0.4, 0.5) is 0 Å². The second kappa shape index (κ2) is 10.4. The molecular weight excluding hydrogens is 446 g/mol. The molecule has 0 unspecified atom stereocenters. The molecule has 0 saturated carbocycles. The smallest absolute Gasteiger partial charge is 0.304 e. The lowest BCUT2D eigenvalue weighted by Gasteiger charge is -2.30. The van der Waals surface area contributed by atoms with E-state index >= 15 is 0 Å². The third kappa shape index (κ3) is 5.14. The summed E-state index contributed by atoms with van der Waals surface area (Å²) in [6, 6.07) is 12.2. The molecule has 3 aromatic rings. The number of aliphatic carboxylic acids is 1. The molecule has 0 amide bonds. The molecule has 176 valence electrons. The lowest BCUT2D eigenvalue weighted by Crippen LogP contribution is -2.33. The highest BCUT2D eigenvalue weighted by molar-refractivity contribution is 7.18. The summed E-state index contributed by atoms with van der Waals surface area (Å²) in [5.74, 6) is -0.154. The summed E-state index contributed by atoms with van der Waals surface area (Å²) in [6.07, 6.45) is 3.97. The van der Waals surface area contributed by atoms with Crippen molar-refractivity contribution in [1.82, 2.24) is 9.88 Å². The molecule has 34 heavy (non-hydrogen) atoms. The molecule has 1 aliphatic heterocycles. The minimum atomic E-state index is -0.750. The fourth-order valence-corrected chi connectivity index (χ4v) is 5.47. The molecule has 1 N–H and O–H groups in total. The van der Waals surface area contributed by atoms with Crippen LogP contribution in [-0.2, 0) is 24.2 Å². The number of carboxylic acid groups (broad SMARTS) is 1. The van der Waals surface area contributed by atoms with Crippen LogP contribution in [0.25, 0.3) is 21.0 Å². The van der Waals surface area contributed by atoms with Crippen molar-refractivity contribution < 1.29 is 14.6 Å². The number of thiazole rings is 1. The molecule has 0 saturated heterocycles. The molecule has 6 nitrogen and oxygen atoms in total. The van der Waals surface area contributed by atoms with Gasteiger partial charge in [-0.3, -0.25) is 9.69 Å². The second-order valence-electron chi connectivity index (χ2n) is 8.77. The predicted octanol–water partition coefficient (Wildman–Crippen LogP) is 5.53. The third-order valence-corrected chi connectivity index (χ3v) is 7.16. The van der Waals surface area contributed by atoms with Gasteiger partial charge in [0.15, 0.2) is 0 Å². The lowest BCUT2D eigenvalue weighted by atomic mass is 9.89. The number of nitriles is 1. The molecule has 0 bridgehead atoms. The van der Waals surface area contributed by atoms with Crippen LogP contribution in [0.15, 0.2) is 36.5 Å². The molecule has 0 spiro atoms. The van der Waals surface area contributed by atoms with Gasteiger partial charge in [0, 0.05) is 31.4 Å². The summed E-state index contributed by atoms with van der Waals surface area (Å²) in [6.45, 7) is 8.34. The van der Waals surface area contributed by atoms with E-state index in [1.54, 1.807) is 11.3 Å². The second-order valence-corrected chi connectivity index (χ2v) is 9.80. The Morgan fingerprint density at radius 2 is 2.15 bits per heavy atom. The average molecular weight is 476 g/mol. The summed E-state index contributed by atoms with van der Waals surface area (Å²) in [5, 5.41) is 19.4. The van der Waals surface area contributed by atoms with Crippen molar-refractivity contribution in [1.29, 1.82) is 5.26 Å². The Hall–Kier alpha value is -3.21. The van der Waals surface area contributed by atoms with Gasteiger partial charge in [0.25, 0.3) is 0 Å². The van der Waals surface area contributed by atoms with E-state index in [0.29, 0.717) is 17.9 Å². The zero-order valence-corrected chi connectivity index (χ0v) is 20.6. The number of fused-ring (bicyclic) bond motifs is 1.